The molecule has 1 rings (SSSR count). The van der Waals surface area contributed by atoms with Crippen LogP contribution in [-0.2, 0) is 4.79 Å². The summed E-state index contributed by atoms with van der Waals surface area (Å²) >= 11 is 0. The van der Waals surface area contributed by atoms with Crippen molar-refractivity contribution in [1.82, 2.24) is 15.1 Å². The van der Waals surface area contributed by atoms with Gasteiger partial charge in [-0.05, 0) is 39.2 Å². The largest absolute Gasteiger partial charge is 0.481 e. The molecule has 0 spiro atoms. The molecule has 6 nitrogen and oxygen atoms in total. The number of likely N-dealkylation sites (tertiary alicyclic amines) is 1. The monoisotopic (exact) mass is 327 g/mol. The summed E-state index contributed by atoms with van der Waals surface area (Å²) in [6.45, 7) is 11.1. The Morgan fingerprint density at radius 1 is 1.43 bits per heavy atom. The second-order valence-electron chi connectivity index (χ2n) is 7.45. The minimum absolute atomic E-state index is 0.0945. The number of carboxylic acid groups (broad SMARTS) is 1. The fourth-order valence-corrected chi connectivity index (χ4v) is 3.06. The van der Waals surface area contributed by atoms with Crippen LogP contribution in [-0.4, -0.2) is 65.7 Å². The zero-order valence-corrected chi connectivity index (χ0v) is 15.3. The highest BCUT2D eigenvalue weighted by atomic mass is 16.4. The third-order valence-corrected chi connectivity index (χ3v) is 4.94. The van der Waals surface area contributed by atoms with Crippen LogP contribution in [0.4, 0.5) is 4.79 Å². The Kier molecular flexibility index (Phi) is 7.32. The highest BCUT2D eigenvalue weighted by Crippen LogP contribution is 2.25. The van der Waals surface area contributed by atoms with E-state index in [1.807, 2.05) is 0 Å². The maximum absolute atomic E-state index is 12.2. The first-order chi connectivity index (χ1) is 10.7. The van der Waals surface area contributed by atoms with Crippen molar-refractivity contribution in [3.63, 3.8) is 0 Å². The number of rotatable bonds is 7. The summed E-state index contributed by atoms with van der Waals surface area (Å²) in [5.74, 6) is -0.701. The van der Waals surface area contributed by atoms with Gasteiger partial charge in [-0.2, -0.15) is 0 Å². The number of amides is 2. The molecule has 1 heterocycles. The number of aliphatic carboxylic acids is 1. The Hall–Kier alpha value is -1.30. The minimum atomic E-state index is -0.885. The second kappa shape index (κ2) is 8.52. The lowest BCUT2D eigenvalue weighted by Gasteiger charge is -2.43. The molecule has 0 aromatic carbocycles. The average Bonchev–Trinajstić information content (AvgIpc) is 2.52. The van der Waals surface area contributed by atoms with Crippen molar-refractivity contribution >= 4 is 12.0 Å². The molecule has 0 saturated carbocycles. The molecule has 0 aromatic heterocycles. The Morgan fingerprint density at radius 3 is 2.65 bits per heavy atom. The topological polar surface area (TPSA) is 72.9 Å². The van der Waals surface area contributed by atoms with E-state index in [9.17, 15) is 9.59 Å². The van der Waals surface area contributed by atoms with Gasteiger partial charge in [-0.1, -0.05) is 20.3 Å². The maximum Gasteiger partial charge on any atom is 0.317 e. The summed E-state index contributed by atoms with van der Waals surface area (Å²) in [7, 11) is 1.63. The number of nitrogens with one attached hydrogen (secondary N) is 1. The molecule has 23 heavy (non-hydrogen) atoms. The number of carbonyl (C=O) groups is 2. The summed E-state index contributed by atoms with van der Waals surface area (Å²) in [5, 5.41) is 11.9. The van der Waals surface area contributed by atoms with E-state index in [0.29, 0.717) is 6.54 Å². The first-order valence-electron chi connectivity index (χ1n) is 8.64. The van der Waals surface area contributed by atoms with Crippen molar-refractivity contribution < 1.29 is 14.7 Å². The molecule has 0 radical (unpaired) electrons. The van der Waals surface area contributed by atoms with Gasteiger partial charge in [-0.25, -0.2) is 4.79 Å². The number of carboxylic acids is 1. The van der Waals surface area contributed by atoms with Crippen LogP contribution in [0.15, 0.2) is 0 Å². The fourth-order valence-electron chi connectivity index (χ4n) is 3.06. The van der Waals surface area contributed by atoms with Crippen LogP contribution >= 0.6 is 0 Å². The number of urea groups is 1. The summed E-state index contributed by atoms with van der Waals surface area (Å²) in [6, 6.07) is -0.213. The normalized spacial score (nSPS) is 20.8. The third kappa shape index (κ3) is 6.01. The molecule has 2 amide bonds. The molecule has 134 valence electrons. The lowest BCUT2D eigenvalue weighted by molar-refractivity contribution is -0.141. The van der Waals surface area contributed by atoms with Gasteiger partial charge in [0.1, 0.15) is 0 Å². The Labute approximate surface area is 140 Å². The number of nitrogens with zero attached hydrogens (tertiary/aromatic N) is 2. The van der Waals surface area contributed by atoms with Crippen LogP contribution in [0.5, 0.6) is 0 Å². The zero-order chi connectivity index (χ0) is 17.6. The smallest absolute Gasteiger partial charge is 0.317 e. The second-order valence-corrected chi connectivity index (χ2v) is 7.45. The van der Waals surface area contributed by atoms with Gasteiger partial charge in [0.25, 0.3) is 0 Å². The Balaban J connectivity index is 2.48. The molecule has 2 N–H and O–H groups in total. The van der Waals surface area contributed by atoms with E-state index in [2.05, 4.69) is 31.0 Å². The van der Waals surface area contributed by atoms with E-state index in [0.717, 1.165) is 19.0 Å². The van der Waals surface area contributed by atoms with Gasteiger partial charge < -0.3 is 15.3 Å². The molecular formula is C17H33N3O3. The standard InChI is InChI=1S/C17H33N3O3/c1-6-14-8-7-9-20(11-14)17(3,4)12-18-16(23)19(5)10-13(2)15(21)22/h13-14H,6-12H2,1-5H3,(H,18,23)(H,21,22). The molecular weight excluding hydrogens is 294 g/mol. The molecule has 1 fully saturated rings. The van der Waals surface area contributed by atoms with E-state index < -0.39 is 11.9 Å². The molecule has 0 aromatic rings. The van der Waals surface area contributed by atoms with Crippen LogP contribution in [0, 0.1) is 11.8 Å². The molecule has 1 aliphatic heterocycles. The van der Waals surface area contributed by atoms with E-state index in [-0.39, 0.29) is 18.1 Å². The highest BCUT2D eigenvalue weighted by Gasteiger charge is 2.31. The van der Waals surface area contributed by atoms with Crippen molar-refractivity contribution in [3.8, 4) is 0 Å². The van der Waals surface area contributed by atoms with Crippen LogP contribution in [0.25, 0.3) is 0 Å². The van der Waals surface area contributed by atoms with Crippen molar-refractivity contribution in [2.24, 2.45) is 11.8 Å². The molecule has 6 heteroatoms. The number of piperidine rings is 1. The van der Waals surface area contributed by atoms with Gasteiger partial charge in [0.15, 0.2) is 0 Å². The van der Waals surface area contributed by atoms with Crippen LogP contribution < -0.4 is 5.32 Å². The number of carbonyl (C=O) groups excluding carboxylic acids is 1. The average molecular weight is 327 g/mol. The van der Waals surface area contributed by atoms with Gasteiger partial charge in [-0.15, -0.1) is 0 Å². The Bertz CT molecular complexity index is 412. The van der Waals surface area contributed by atoms with Gasteiger partial charge in [-0.3, -0.25) is 9.69 Å². The van der Waals surface area contributed by atoms with Crippen molar-refractivity contribution in [1.29, 1.82) is 0 Å². The first kappa shape index (κ1) is 19.7. The highest BCUT2D eigenvalue weighted by molar-refractivity contribution is 5.75. The van der Waals surface area contributed by atoms with Crippen LogP contribution in [0.1, 0.15) is 47.0 Å². The molecule has 1 saturated heterocycles. The molecule has 1 aliphatic rings. The van der Waals surface area contributed by atoms with Crippen molar-refractivity contribution in [2.75, 3.05) is 33.2 Å². The SMILES string of the molecule is CCC1CCCN(C(C)(C)CNC(=O)N(C)CC(C)C(=O)O)C1. The summed E-state index contributed by atoms with van der Waals surface area (Å²) in [4.78, 5) is 26.9. The predicted octanol–water partition coefficient (Wildman–Crippen LogP) is 2.25. The molecule has 0 aliphatic carbocycles. The summed E-state index contributed by atoms with van der Waals surface area (Å²) < 4.78 is 0. The third-order valence-electron chi connectivity index (χ3n) is 4.94. The lowest BCUT2D eigenvalue weighted by Crippen LogP contribution is -2.56. The Morgan fingerprint density at radius 2 is 2.09 bits per heavy atom. The first-order valence-corrected chi connectivity index (χ1v) is 8.64. The predicted molar refractivity (Wildman–Crippen MR) is 91.5 cm³/mol. The van der Waals surface area contributed by atoms with E-state index in [4.69, 9.17) is 5.11 Å². The van der Waals surface area contributed by atoms with Gasteiger partial charge in [0.2, 0.25) is 0 Å². The summed E-state index contributed by atoms with van der Waals surface area (Å²) in [5.41, 5.74) is -0.0945. The zero-order valence-electron chi connectivity index (χ0n) is 15.3. The van der Waals surface area contributed by atoms with Crippen LogP contribution in [0.2, 0.25) is 0 Å². The van der Waals surface area contributed by atoms with Gasteiger partial charge in [0, 0.05) is 32.2 Å². The molecule has 0 bridgehead atoms. The lowest BCUT2D eigenvalue weighted by atomic mass is 9.91. The van der Waals surface area contributed by atoms with Crippen molar-refractivity contribution in [2.45, 2.75) is 52.5 Å². The number of hydrogen-bond acceptors (Lipinski definition) is 3. The van der Waals surface area contributed by atoms with Gasteiger partial charge >= 0.3 is 12.0 Å². The van der Waals surface area contributed by atoms with E-state index >= 15 is 0 Å². The number of hydrogen-bond donors (Lipinski definition) is 2. The molecule has 2 atom stereocenters. The minimum Gasteiger partial charge on any atom is -0.481 e. The van der Waals surface area contributed by atoms with Crippen molar-refractivity contribution in [3.05, 3.63) is 0 Å². The van der Waals surface area contributed by atoms with E-state index in [1.165, 1.54) is 24.2 Å². The van der Waals surface area contributed by atoms with Crippen LogP contribution in [0.3, 0.4) is 0 Å². The summed E-state index contributed by atoms with van der Waals surface area (Å²) in [6.07, 6.45) is 3.71. The maximum atomic E-state index is 12.2. The quantitative estimate of drug-likeness (QED) is 0.752. The van der Waals surface area contributed by atoms with E-state index in [1.54, 1.807) is 14.0 Å². The fraction of sp³-hybridized carbons (Fsp3) is 0.882. The molecule has 2 unspecified atom stereocenters. The van der Waals surface area contributed by atoms with Gasteiger partial charge in [0.05, 0.1) is 5.92 Å².